The summed E-state index contributed by atoms with van der Waals surface area (Å²) in [7, 11) is 0. The Labute approximate surface area is 202 Å². The summed E-state index contributed by atoms with van der Waals surface area (Å²) in [6.07, 6.45) is 1.49. The molecular weight excluding hydrogens is 444 g/mol. The first-order valence-electron chi connectivity index (χ1n) is 11.5. The molecule has 0 aliphatic carbocycles. The average molecular weight is 471 g/mol. The van der Waals surface area contributed by atoms with Crippen molar-refractivity contribution in [3.63, 3.8) is 0 Å². The maximum atomic E-state index is 13.4. The fourth-order valence-corrected chi connectivity index (χ4v) is 5.21. The van der Waals surface area contributed by atoms with Crippen LogP contribution in [0.15, 0.2) is 90.1 Å². The number of para-hydroxylation sites is 2. The van der Waals surface area contributed by atoms with Crippen LogP contribution in [0, 0.1) is 0 Å². The molecule has 4 aromatic rings. The van der Waals surface area contributed by atoms with E-state index in [1.165, 1.54) is 11.8 Å². The fraction of sp³-hybridized carbons (Fsp3) is 0.222. The van der Waals surface area contributed by atoms with Crippen molar-refractivity contribution in [1.82, 2.24) is 20.2 Å². The van der Waals surface area contributed by atoms with Gasteiger partial charge in [-0.1, -0.05) is 84.6 Å². The molecule has 1 saturated heterocycles. The number of likely N-dealkylation sites (tertiary alicyclic amines) is 1. The number of thioether (sulfide) groups is 1. The maximum Gasteiger partial charge on any atom is 0.243 e. The highest BCUT2D eigenvalue weighted by Gasteiger charge is 2.35. The third kappa shape index (κ3) is 4.84. The third-order valence-electron chi connectivity index (χ3n) is 6.13. The molecule has 0 radical (unpaired) electrons. The first-order valence-corrected chi connectivity index (χ1v) is 12.4. The van der Waals surface area contributed by atoms with Gasteiger partial charge in [-0.05, 0) is 36.1 Å². The molecule has 2 heterocycles. The number of benzene rings is 3. The number of imidazole rings is 1. The van der Waals surface area contributed by atoms with Crippen molar-refractivity contribution in [2.75, 3.05) is 12.3 Å². The van der Waals surface area contributed by atoms with Gasteiger partial charge in [0, 0.05) is 6.54 Å². The molecule has 172 valence electrons. The van der Waals surface area contributed by atoms with Gasteiger partial charge in [0.25, 0.3) is 0 Å². The SMILES string of the molecule is O=C(NC(c1ccccc1)c1ccccc1)[C@@H]1CCCN1C(=O)CSc1nc2ccccc2[nH]1. The number of rotatable bonds is 7. The Bertz CT molecular complexity index is 1200. The van der Waals surface area contributed by atoms with Crippen LogP contribution in [0.4, 0.5) is 0 Å². The van der Waals surface area contributed by atoms with Crippen molar-refractivity contribution in [1.29, 1.82) is 0 Å². The van der Waals surface area contributed by atoms with E-state index in [0.717, 1.165) is 28.6 Å². The second-order valence-electron chi connectivity index (χ2n) is 8.36. The van der Waals surface area contributed by atoms with Crippen molar-refractivity contribution in [2.24, 2.45) is 0 Å². The molecule has 2 amide bonds. The number of hydrogen-bond acceptors (Lipinski definition) is 4. The van der Waals surface area contributed by atoms with Crippen molar-refractivity contribution in [3.8, 4) is 0 Å². The van der Waals surface area contributed by atoms with Gasteiger partial charge >= 0.3 is 0 Å². The largest absolute Gasteiger partial charge is 0.343 e. The van der Waals surface area contributed by atoms with Crippen LogP contribution in [0.1, 0.15) is 30.0 Å². The van der Waals surface area contributed by atoms with Crippen molar-refractivity contribution in [2.45, 2.75) is 30.1 Å². The lowest BCUT2D eigenvalue weighted by Gasteiger charge is -2.27. The average Bonchev–Trinajstić information content (AvgIpc) is 3.54. The van der Waals surface area contributed by atoms with Gasteiger partial charge in [-0.15, -0.1) is 0 Å². The molecule has 1 fully saturated rings. The molecule has 1 aromatic heterocycles. The molecule has 2 N–H and O–H groups in total. The normalized spacial score (nSPS) is 15.7. The summed E-state index contributed by atoms with van der Waals surface area (Å²) in [4.78, 5) is 35.9. The number of hydrogen-bond donors (Lipinski definition) is 2. The molecule has 0 unspecified atom stereocenters. The second kappa shape index (κ2) is 10.1. The summed E-state index contributed by atoms with van der Waals surface area (Å²) in [5, 5.41) is 3.92. The minimum atomic E-state index is -0.460. The number of fused-ring (bicyclic) bond motifs is 1. The lowest BCUT2D eigenvalue weighted by atomic mass is 9.98. The van der Waals surface area contributed by atoms with Gasteiger partial charge in [-0.3, -0.25) is 9.59 Å². The van der Waals surface area contributed by atoms with E-state index in [0.29, 0.717) is 18.1 Å². The zero-order chi connectivity index (χ0) is 23.3. The van der Waals surface area contributed by atoms with Crippen molar-refractivity contribution < 1.29 is 9.59 Å². The summed E-state index contributed by atoms with van der Waals surface area (Å²) in [6, 6.07) is 26.9. The van der Waals surface area contributed by atoms with E-state index in [1.807, 2.05) is 84.9 Å². The smallest absolute Gasteiger partial charge is 0.243 e. The number of amides is 2. The molecule has 0 spiro atoms. The zero-order valence-electron chi connectivity index (χ0n) is 18.7. The standard InChI is InChI=1S/C27H26N4O2S/c32-24(18-34-27-28-21-14-7-8-15-22(21)29-27)31-17-9-16-23(31)26(33)30-25(19-10-3-1-4-11-19)20-12-5-2-6-13-20/h1-8,10-15,23,25H,9,16-18H2,(H,28,29)(H,30,33)/t23-/m0/s1. The molecule has 1 aliphatic rings. The number of carbonyl (C=O) groups excluding carboxylic acids is 2. The predicted molar refractivity (Wildman–Crippen MR) is 134 cm³/mol. The quantitative estimate of drug-likeness (QED) is 0.389. The van der Waals surface area contributed by atoms with Crippen molar-refractivity contribution in [3.05, 3.63) is 96.1 Å². The lowest BCUT2D eigenvalue weighted by Crippen LogP contribution is -2.47. The first-order chi connectivity index (χ1) is 16.7. The van der Waals surface area contributed by atoms with E-state index in [1.54, 1.807) is 4.90 Å². The number of H-pyrrole nitrogens is 1. The highest BCUT2D eigenvalue weighted by atomic mass is 32.2. The van der Waals surface area contributed by atoms with Crippen LogP contribution in [-0.4, -0.2) is 45.0 Å². The minimum absolute atomic E-state index is 0.0425. The minimum Gasteiger partial charge on any atom is -0.343 e. The van der Waals surface area contributed by atoms with Crippen LogP contribution in [0.3, 0.4) is 0 Å². The Morgan fingerprint density at radius 1 is 0.971 bits per heavy atom. The second-order valence-corrected chi connectivity index (χ2v) is 9.32. The molecule has 1 aliphatic heterocycles. The molecule has 5 rings (SSSR count). The van der Waals surface area contributed by atoms with E-state index in [2.05, 4.69) is 15.3 Å². The molecule has 1 atom stereocenters. The Hall–Kier alpha value is -3.58. The number of aromatic amines is 1. The summed E-state index contributed by atoms with van der Waals surface area (Å²) >= 11 is 1.37. The highest BCUT2D eigenvalue weighted by Crippen LogP contribution is 2.26. The van der Waals surface area contributed by atoms with Crippen LogP contribution in [0.5, 0.6) is 0 Å². The number of nitrogens with zero attached hydrogens (tertiary/aromatic N) is 2. The Kier molecular flexibility index (Phi) is 6.62. The van der Waals surface area contributed by atoms with Gasteiger partial charge < -0.3 is 15.2 Å². The Balaban J connectivity index is 1.27. The van der Waals surface area contributed by atoms with E-state index in [4.69, 9.17) is 0 Å². The summed E-state index contributed by atoms with van der Waals surface area (Å²) < 4.78 is 0. The van der Waals surface area contributed by atoms with Gasteiger partial charge in [-0.25, -0.2) is 4.98 Å². The fourth-order valence-electron chi connectivity index (χ4n) is 4.44. The van der Waals surface area contributed by atoms with Crippen LogP contribution < -0.4 is 5.32 Å². The maximum absolute atomic E-state index is 13.4. The van der Waals surface area contributed by atoms with E-state index < -0.39 is 6.04 Å². The van der Waals surface area contributed by atoms with E-state index in [-0.39, 0.29) is 23.6 Å². The zero-order valence-corrected chi connectivity index (χ0v) is 19.5. The summed E-state index contributed by atoms with van der Waals surface area (Å²) in [6.45, 7) is 0.596. The predicted octanol–water partition coefficient (Wildman–Crippen LogP) is 4.55. The van der Waals surface area contributed by atoms with Gasteiger partial charge in [0.05, 0.1) is 22.8 Å². The topological polar surface area (TPSA) is 78.1 Å². The lowest BCUT2D eigenvalue weighted by molar-refractivity contribution is -0.136. The van der Waals surface area contributed by atoms with Gasteiger partial charge in [0.2, 0.25) is 11.8 Å². The molecular formula is C27H26N4O2S. The number of nitrogens with one attached hydrogen (secondary N) is 2. The molecule has 0 bridgehead atoms. The highest BCUT2D eigenvalue weighted by molar-refractivity contribution is 7.99. The van der Waals surface area contributed by atoms with Crippen LogP contribution in [0.2, 0.25) is 0 Å². The monoisotopic (exact) mass is 470 g/mol. The molecule has 0 saturated carbocycles. The molecule has 3 aromatic carbocycles. The van der Waals surface area contributed by atoms with E-state index in [9.17, 15) is 9.59 Å². The first kappa shape index (κ1) is 22.2. The number of aromatic nitrogens is 2. The summed E-state index contributed by atoms with van der Waals surface area (Å²) in [5.74, 6) is 0.0843. The Morgan fingerprint density at radius 2 is 1.62 bits per heavy atom. The van der Waals surface area contributed by atoms with Crippen LogP contribution in [0.25, 0.3) is 11.0 Å². The van der Waals surface area contributed by atoms with Gasteiger partial charge in [-0.2, -0.15) is 0 Å². The van der Waals surface area contributed by atoms with Crippen LogP contribution >= 0.6 is 11.8 Å². The molecule has 34 heavy (non-hydrogen) atoms. The summed E-state index contributed by atoms with van der Waals surface area (Å²) in [5.41, 5.74) is 3.85. The molecule has 7 heteroatoms. The van der Waals surface area contributed by atoms with Gasteiger partial charge in [0.15, 0.2) is 5.16 Å². The number of carbonyl (C=O) groups is 2. The van der Waals surface area contributed by atoms with Crippen LogP contribution in [-0.2, 0) is 9.59 Å². The molecule has 6 nitrogen and oxygen atoms in total. The third-order valence-corrected chi connectivity index (χ3v) is 6.99. The Morgan fingerprint density at radius 3 is 2.29 bits per heavy atom. The van der Waals surface area contributed by atoms with Gasteiger partial charge in [0.1, 0.15) is 6.04 Å². The van der Waals surface area contributed by atoms with Crippen molar-refractivity contribution >= 4 is 34.6 Å². The van der Waals surface area contributed by atoms with E-state index >= 15 is 0 Å².